The van der Waals surface area contributed by atoms with Crippen molar-refractivity contribution < 1.29 is 9.18 Å². The number of hydrogen-bond acceptors (Lipinski definition) is 2. The van der Waals surface area contributed by atoms with Crippen molar-refractivity contribution in [2.75, 3.05) is 25.0 Å². The largest absolute Gasteiger partial charge is 0.322 e. The maximum absolute atomic E-state index is 13.4. The van der Waals surface area contributed by atoms with E-state index in [4.69, 9.17) is 0 Å². The molecule has 1 aliphatic carbocycles. The second kappa shape index (κ2) is 6.66. The van der Waals surface area contributed by atoms with Crippen molar-refractivity contribution >= 4 is 11.6 Å². The molecule has 0 saturated heterocycles. The molecule has 1 aromatic rings. The van der Waals surface area contributed by atoms with Crippen LogP contribution in [-0.2, 0) is 4.79 Å². The van der Waals surface area contributed by atoms with Gasteiger partial charge in [0.05, 0.1) is 12.2 Å². The van der Waals surface area contributed by atoms with E-state index in [1.54, 1.807) is 18.2 Å². The lowest BCUT2D eigenvalue weighted by molar-refractivity contribution is -0.117. The Balaban J connectivity index is 1.86. The van der Waals surface area contributed by atoms with Crippen LogP contribution in [0.2, 0.25) is 0 Å². The van der Waals surface area contributed by atoms with Gasteiger partial charge in [0.1, 0.15) is 5.82 Å². The number of hydrogen-bond donors (Lipinski definition) is 1. The number of rotatable bonds is 7. The molecule has 0 radical (unpaired) electrons. The predicted octanol–water partition coefficient (Wildman–Crippen LogP) is 2.89. The second-order valence-electron chi connectivity index (χ2n) is 5.21. The average molecular weight is 264 g/mol. The molecule has 0 atom stereocenters. The van der Waals surface area contributed by atoms with Crippen LogP contribution < -0.4 is 5.32 Å². The van der Waals surface area contributed by atoms with Crippen LogP contribution in [0.3, 0.4) is 0 Å². The summed E-state index contributed by atoms with van der Waals surface area (Å²) in [5, 5.41) is 2.64. The number of nitrogens with zero attached hydrogens (tertiary/aromatic N) is 1. The lowest BCUT2D eigenvalue weighted by Gasteiger charge is -2.20. The van der Waals surface area contributed by atoms with Crippen molar-refractivity contribution in [1.82, 2.24) is 4.90 Å². The Hall–Kier alpha value is -1.42. The summed E-state index contributed by atoms with van der Waals surface area (Å²) in [5.41, 5.74) is 0.260. The summed E-state index contributed by atoms with van der Waals surface area (Å²) in [6.07, 6.45) is 3.57. The molecule has 1 saturated carbocycles. The lowest BCUT2D eigenvalue weighted by atomic mass is 10.3. The molecule has 0 spiro atoms. The summed E-state index contributed by atoms with van der Waals surface area (Å²) in [6.45, 7) is 4.35. The third-order valence-electron chi connectivity index (χ3n) is 3.27. The number of halogens is 1. The zero-order valence-electron chi connectivity index (χ0n) is 11.4. The number of para-hydroxylation sites is 1. The maximum Gasteiger partial charge on any atom is 0.238 e. The van der Waals surface area contributed by atoms with Crippen LogP contribution >= 0.6 is 0 Å². The van der Waals surface area contributed by atoms with Crippen molar-refractivity contribution in [2.45, 2.75) is 26.2 Å². The van der Waals surface area contributed by atoms with E-state index < -0.39 is 0 Å². The molecular formula is C15H21FN2O. The minimum atomic E-state index is -0.389. The number of carbonyl (C=O) groups excluding carboxylic acids is 1. The van der Waals surface area contributed by atoms with Gasteiger partial charge in [-0.25, -0.2) is 4.39 Å². The van der Waals surface area contributed by atoms with Gasteiger partial charge in [-0.1, -0.05) is 19.1 Å². The van der Waals surface area contributed by atoms with Crippen LogP contribution in [0.25, 0.3) is 0 Å². The molecule has 0 unspecified atom stereocenters. The molecule has 3 nitrogen and oxygen atoms in total. The molecule has 2 rings (SSSR count). The lowest BCUT2D eigenvalue weighted by Crippen LogP contribution is -2.35. The van der Waals surface area contributed by atoms with Crippen molar-refractivity contribution in [1.29, 1.82) is 0 Å². The molecule has 0 aromatic heterocycles. The fourth-order valence-electron chi connectivity index (χ4n) is 2.17. The van der Waals surface area contributed by atoms with Crippen molar-refractivity contribution in [3.8, 4) is 0 Å². The van der Waals surface area contributed by atoms with Gasteiger partial charge < -0.3 is 5.32 Å². The quantitative estimate of drug-likeness (QED) is 0.821. The number of anilines is 1. The van der Waals surface area contributed by atoms with E-state index in [-0.39, 0.29) is 17.4 Å². The third kappa shape index (κ3) is 4.63. The van der Waals surface area contributed by atoms with Gasteiger partial charge in [-0.05, 0) is 43.9 Å². The molecule has 1 amide bonds. The standard InChI is InChI=1S/C15H21FN2O/c1-2-9-18(10-12-7-8-12)11-15(19)17-14-6-4-3-5-13(14)16/h3-6,12H,2,7-11H2,1H3,(H,17,19). The van der Waals surface area contributed by atoms with Crippen molar-refractivity contribution in [3.63, 3.8) is 0 Å². The van der Waals surface area contributed by atoms with E-state index in [2.05, 4.69) is 17.1 Å². The monoisotopic (exact) mass is 264 g/mol. The Labute approximate surface area is 113 Å². The molecule has 19 heavy (non-hydrogen) atoms. The topological polar surface area (TPSA) is 32.3 Å². The number of nitrogens with one attached hydrogen (secondary N) is 1. The van der Waals surface area contributed by atoms with Crippen LogP contribution in [-0.4, -0.2) is 30.4 Å². The molecule has 0 aliphatic heterocycles. The van der Waals surface area contributed by atoms with E-state index >= 15 is 0 Å². The highest BCUT2D eigenvalue weighted by atomic mass is 19.1. The van der Waals surface area contributed by atoms with Crippen LogP contribution in [0, 0.1) is 11.7 Å². The highest BCUT2D eigenvalue weighted by molar-refractivity contribution is 5.92. The van der Waals surface area contributed by atoms with Gasteiger partial charge in [0.15, 0.2) is 0 Å². The second-order valence-corrected chi connectivity index (χ2v) is 5.21. The van der Waals surface area contributed by atoms with Gasteiger partial charge in [0, 0.05) is 6.54 Å². The molecule has 1 aliphatic rings. The van der Waals surface area contributed by atoms with Gasteiger partial charge in [-0.15, -0.1) is 0 Å². The summed E-state index contributed by atoms with van der Waals surface area (Å²) in [5.74, 6) is 0.229. The summed E-state index contributed by atoms with van der Waals surface area (Å²) in [4.78, 5) is 14.1. The first-order valence-corrected chi connectivity index (χ1v) is 6.95. The summed E-state index contributed by atoms with van der Waals surface area (Å²) in [7, 11) is 0. The van der Waals surface area contributed by atoms with Crippen LogP contribution in [0.5, 0.6) is 0 Å². The Morgan fingerprint density at radius 3 is 2.79 bits per heavy atom. The normalized spacial score (nSPS) is 14.7. The summed E-state index contributed by atoms with van der Waals surface area (Å²) in [6, 6.07) is 6.26. The van der Waals surface area contributed by atoms with Crippen molar-refractivity contribution in [3.05, 3.63) is 30.1 Å². The summed E-state index contributed by atoms with van der Waals surface area (Å²) >= 11 is 0. The van der Waals surface area contributed by atoms with Gasteiger partial charge in [0.25, 0.3) is 0 Å². The average Bonchev–Trinajstić information content (AvgIpc) is 3.16. The molecule has 104 valence electrons. The Bertz CT molecular complexity index is 432. The number of benzene rings is 1. The van der Waals surface area contributed by atoms with Crippen LogP contribution in [0.4, 0.5) is 10.1 Å². The zero-order chi connectivity index (χ0) is 13.7. The fraction of sp³-hybridized carbons (Fsp3) is 0.533. The molecule has 4 heteroatoms. The van der Waals surface area contributed by atoms with E-state index in [0.29, 0.717) is 6.54 Å². The first-order chi connectivity index (χ1) is 9.19. The number of carbonyl (C=O) groups is 1. The van der Waals surface area contributed by atoms with Crippen molar-refractivity contribution in [2.24, 2.45) is 5.92 Å². The molecule has 0 bridgehead atoms. The van der Waals surface area contributed by atoms with Gasteiger partial charge >= 0.3 is 0 Å². The zero-order valence-corrected chi connectivity index (χ0v) is 11.4. The Morgan fingerprint density at radius 2 is 2.16 bits per heavy atom. The Morgan fingerprint density at radius 1 is 1.42 bits per heavy atom. The Kier molecular flexibility index (Phi) is 4.91. The minimum absolute atomic E-state index is 0.140. The molecule has 1 fully saturated rings. The van der Waals surface area contributed by atoms with Crippen LogP contribution in [0.1, 0.15) is 26.2 Å². The van der Waals surface area contributed by atoms with E-state index in [9.17, 15) is 9.18 Å². The highest BCUT2D eigenvalue weighted by Gasteiger charge is 2.24. The SMILES string of the molecule is CCCN(CC(=O)Nc1ccccc1F)CC1CC1. The molecule has 1 aromatic carbocycles. The van der Waals surface area contributed by atoms with Gasteiger partial charge in [-0.2, -0.15) is 0 Å². The highest BCUT2D eigenvalue weighted by Crippen LogP contribution is 2.29. The van der Waals surface area contributed by atoms with Gasteiger partial charge in [0.2, 0.25) is 5.91 Å². The summed E-state index contributed by atoms with van der Waals surface area (Å²) < 4.78 is 13.4. The molecular weight excluding hydrogens is 243 g/mol. The smallest absolute Gasteiger partial charge is 0.238 e. The van der Waals surface area contributed by atoms with E-state index in [1.807, 2.05) is 0 Å². The molecule has 0 heterocycles. The van der Waals surface area contributed by atoms with Gasteiger partial charge in [-0.3, -0.25) is 9.69 Å². The number of amides is 1. The minimum Gasteiger partial charge on any atom is -0.322 e. The first-order valence-electron chi connectivity index (χ1n) is 6.95. The maximum atomic E-state index is 13.4. The van der Waals surface area contributed by atoms with E-state index in [1.165, 1.54) is 18.9 Å². The van der Waals surface area contributed by atoms with Crippen LogP contribution in [0.15, 0.2) is 24.3 Å². The van der Waals surface area contributed by atoms with E-state index in [0.717, 1.165) is 25.4 Å². The first kappa shape index (κ1) is 14.0. The molecule has 1 N–H and O–H groups in total. The fourth-order valence-corrected chi connectivity index (χ4v) is 2.17. The third-order valence-corrected chi connectivity index (χ3v) is 3.27. The predicted molar refractivity (Wildman–Crippen MR) is 74.5 cm³/mol.